The maximum Gasteiger partial charge on any atom is 0.108 e. The summed E-state index contributed by atoms with van der Waals surface area (Å²) in [5, 5.41) is 0.742. The number of hydrogen-bond donors (Lipinski definition) is 0. The van der Waals surface area contributed by atoms with Crippen LogP contribution >= 0.6 is 11.2 Å². The van der Waals surface area contributed by atoms with Crippen molar-refractivity contribution < 1.29 is 0 Å². The van der Waals surface area contributed by atoms with Crippen LogP contribution in [-0.2, 0) is 0 Å². The topological polar surface area (TPSA) is 12.4 Å². The molecule has 0 saturated carbocycles. The highest BCUT2D eigenvalue weighted by Gasteiger charge is 2.16. The molecule has 1 unspecified atom stereocenters. The molecule has 0 aromatic carbocycles. The van der Waals surface area contributed by atoms with Crippen LogP contribution in [0.4, 0.5) is 0 Å². The summed E-state index contributed by atoms with van der Waals surface area (Å²) < 4.78 is 0. The van der Waals surface area contributed by atoms with E-state index in [4.69, 9.17) is 0 Å². The Morgan fingerprint density at radius 2 is 1.88 bits per heavy atom. The molecule has 0 aliphatic rings. The van der Waals surface area contributed by atoms with E-state index in [9.17, 15) is 0 Å². The first-order valence-corrected chi connectivity index (χ1v) is 11.7. The number of unbranched alkanes of at least 4 members (excludes halogenated alkanes) is 3. The Morgan fingerprint density at radius 1 is 1.19 bits per heavy atom. The molecule has 0 rings (SSSR count). The van der Waals surface area contributed by atoms with E-state index in [2.05, 4.69) is 55.9 Å². The normalized spacial score (nSPS) is 14.6. The van der Waals surface area contributed by atoms with E-state index < -0.39 is 7.22 Å². The van der Waals surface area contributed by atoms with E-state index in [1.54, 1.807) is 0 Å². The van der Waals surface area contributed by atoms with Gasteiger partial charge in [-0.2, -0.15) is 11.2 Å². The number of nitrogens with zero attached hydrogens (tertiary/aromatic N) is 1. The molecule has 0 aromatic heterocycles. The predicted octanol–water partition coefficient (Wildman–Crippen LogP) is 4.98. The quantitative estimate of drug-likeness (QED) is 0.323. The fraction of sp³-hybridized carbons (Fsp3) is 0.923. The van der Waals surface area contributed by atoms with E-state index in [1.165, 1.54) is 25.7 Å². The van der Waals surface area contributed by atoms with Gasteiger partial charge in [-0.15, -0.1) is 0 Å². The molecule has 0 radical (unpaired) electrons. The van der Waals surface area contributed by atoms with Crippen LogP contribution < -0.4 is 0 Å². The van der Waals surface area contributed by atoms with Crippen molar-refractivity contribution >= 4 is 24.6 Å². The molecule has 0 amide bonds. The van der Waals surface area contributed by atoms with Gasteiger partial charge < -0.3 is 0 Å². The van der Waals surface area contributed by atoms with Crippen molar-refractivity contribution in [1.29, 1.82) is 0 Å². The molecule has 0 N–H and O–H groups in total. The van der Waals surface area contributed by atoms with Gasteiger partial charge in [0.05, 0.1) is 0 Å². The third kappa shape index (κ3) is 12.3. The lowest BCUT2D eigenvalue weighted by Crippen LogP contribution is -2.18. The Kier molecular flexibility index (Phi) is 9.42. The number of rotatable bonds is 9. The van der Waals surface area contributed by atoms with Crippen molar-refractivity contribution in [3.8, 4) is 0 Å². The summed E-state index contributed by atoms with van der Waals surface area (Å²) in [6, 6.07) is 0. The summed E-state index contributed by atoms with van der Waals surface area (Å²) in [4.78, 5) is 4.49. The first-order valence-electron chi connectivity index (χ1n) is 6.62. The lowest BCUT2D eigenvalue weighted by atomic mass is 10.2. The minimum atomic E-state index is -0.951. The summed E-state index contributed by atoms with van der Waals surface area (Å²) in [6.45, 7) is 12.8. The Labute approximate surface area is 107 Å². The lowest BCUT2D eigenvalue weighted by Gasteiger charge is -2.19. The predicted molar refractivity (Wildman–Crippen MR) is 82.5 cm³/mol. The van der Waals surface area contributed by atoms with Gasteiger partial charge in [0.25, 0.3) is 0 Å². The highest BCUT2D eigenvalue weighted by Crippen LogP contribution is 2.25. The molecular weight excluding hydrogens is 230 g/mol. The van der Waals surface area contributed by atoms with Gasteiger partial charge in [-0.25, -0.2) is 0 Å². The van der Waals surface area contributed by atoms with Gasteiger partial charge in [-0.1, -0.05) is 52.8 Å². The van der Waals surface area contributed by atoms with Crippen molar-refractivity contribution in [2.75, 3.05) is 6.54 Å². The summed E-state index contributed by atoms with van der Waals surface area (Å²) in [7, 11) is -0.951. The lowest BCUT2D eigenvalue weighted by molar-refractivity contribution is 0.675. The van der Waals surface area contributed by atoms with Crippen LogP contribution in [0.15, 0.2) is 4.99 Å². The van der Waals surface area contributed by atoms with Gasteiger partial charge in [-0.05, 0) is 19.1 Å². The smallest absolute Gasteiger partial charge is 0.108 e. The third-order valence-electron chi connectivity index (χ3n) is 2.26. The average Bonchev–Trinajstić information content (AvgIpc) is 2.13. The Bertz CT molecular complexity index is 187. The van der Waals surface area contributed by atoms with Gasteiger partial charge in [0.15, 0.2) is 0 Å². The van der Waals surface area contributed by atoms with E-state index in [1.807, 2.05) is 0 Å². The second-order valence-electron chi connectivity index (χ2n) is 5.43. The van der Waals surface area contributed by atoms with Gasteiger partial charge in [-0.3, -0.25) is 4.99 Å². The van der Waals surface area contributed by atoms with E-state index in [-0.39, 0.29) is 0 Å². The first-order chi connectivity index (χ1) is 7.45. The van der Waals surface area contributed by atoms with Gasteiger partial charge in [0.2, 0.25) is 0 Å². The molecule has 0 bridgehead atoms. The second-order valence-corrected chi connectivity index (χ2v) is 15.1. The Balaban J connectivity index is 3.45. The summed E-state index contributed by atoms with van der Waals surface area (Å²) in [6.07, 6.45) is 8.56. The molecule has 16 heavy (non-hydrogen) atoms. The maximum atomic E-state index is 4.49. The zero-order valence-electron chi connectivity index (χ0n) is 11.8. The largest absolute Gasteiger partial charge is 0.297 e. The molecule has 0 spiro atoms. The highest BCUT2D eigenvalue weighted by atomic mass is 32.4. The SMILES string of the molecule is CCCCCC/N=C\CC(C)S[Si](C)(C)C. The minimum absolute atomic E-state index is 0.742. The molecular formula is C13H29NSSi. The molecule has 96 valence electrons. The molecule has 0 aliphatic carbocycles. The minimum Gasteiger partial charge on any atom is -0.297 e. The van der Waals surface area contributed by atoms with Gasteiger partial charge in [0, 0.05) is 11.8 Å². The molecule has 0 aromatic rings. The summed E-state index contributed by atoms with van der Waals surface area (Å²) in [5.74, 6) is 0. The van der Waals surface area contributed by atoms with Crippen LogP contribution in [0.1, 0.15) is 46.0 Å². The Morgan fingerprint density at radius 3 is 2.44 bits per heavy atom. The van der Waals surface area contributed by atoms with Crippen molar-refractivity contribution in [2.24, 2.45) is 4.99 Å². The van der Waals surface area contributed by atoms with Crippen molar-refractivity contribution in [3.63, 3.8) is 0 Å². The standard InChI is InChI=1S/C13H29NSSi/c1-6-7-8-9-11-14-12-10-13(2)15-16(3,4)5/h12-13H,6-11H2,1-5H3/b14-12-. The maximum absolute atomic E-state index is 4.49. The fourth-order valence-electron chi connectivity index (χ4n) is 1.60. The molecule has 0 heterocycles. The third-order valence-corrected chi connectivity index (χ3v) is 6.89. The monoisotopic (exact) mass is 259 g/mol. The van der Waals surface area contributed by atoms with Crippen LogP contribution in [0.25, 0.3) is 0 Å². The average molecular weight is 260 g/mol. The zero-order chi connectivity index (χ0) is 12.4. The fourth-order valence-corrected chi connectivity index (χ4v) is 6.90. The van der Waals surface area contributed by atoms with Crippen LogP contribution in [0.3, 0.4) is 0 Å². The van der Waals surface area contributed by atoms with Gasteiger partial charge >= 0.3 is 0 Å². The van der Waals surface area contributed by atoms with Crippen LogP contribution in [0.5, 0.6) is 0 Å². The molecule has 1 atom stereocenters. The zero-order valence-corrected chi connectivity index (χ0v) is 13.6. The van der Waals surface area contributed by atoms with Crippen LogP contribution in [0.2, 0.25) is 19.6 Å². The van der Waals surface area contributed by atoms with Crippen molar-refractivity contribution in [1.82, 2.24) is 0 Å². The van der Waals surface area contributed by atoms with Crippen LogP contribution in [0, 0.1) is 0 Å². The van der Waals surface area contributed by atoms with Crippen LogP contribution in [-0.4, -0.2) is 25.2 Å². The molecule has 1 nitrogen and oxygen atoms in total. The Hall–Kier alpha value is 0.237. The summed E-state index contributed by atoms with van der Waals surface area (Å²) >= 11 is 2.18. The molecule has 0 fully saturated rings. The molecule has 3 heteroatoms. The molecule has 0 saturated heterocycles. The first kappa shape index (κ1) is 16.2. The van der Waals surface area contributed by atoms with E-state index in [0.29, 0.717) is 0 Å². The molecule has 0 aliphatic heterocycles. The summed E-state index contributed by atoms with van der Waals surface area (Å²) in [5.41, 5.74) is 0. The van der Waals surface area contributed by atoms with Gasteiger partial charge in [0.1, 0.15) is 7.22 Å². The number of hydrogen-bond acceptors (Lipinski definition) is 2. The number of aliphatic imine (C=N–C) groups is 1. The highest BCUT2D eigenvalue weighted by molar-refractivity contribution is 8.29. The van der Waals surface area contributed by atoms with E-state index >= 15 is 0 Å². The van der Waals surface area contributed by atoms with Crippen molar-refractivity contribution in [2.45, 2.75) is 70.8 Å². The van der Waals surface area contributed by atoms with Crippen molar-refractivity contribution in [3.05, 3.63) is 0 Å². The van der Waals surface area contributed by atoms with E-state index in [0.717, 1.165) is 18.2 Å². The second kappa shape index (κ2) is 9.29.